The molecule has 0 atom stereocenters. The Balaban J connectivity index is 2.95. The van der Waals surface area contributed by atoms with Crippen molar-refractivity contribution in [1.82, 2.24) is 4.98 Å². The van der Waals surface area contributed by atoms with Crippen LogP contribution in [-0.2, 0) is 0 Å². The fourth-order valence-corrected chi connectivity index (χ4v) is 0.645. The van der Waals surface area contributed by atoms with E-state index in [1.807, 2.05) is 0 Å². The second-order valence-corrected chi connectivity index (χ2v) is 1.90. The van der Waals surface area contributed by atoms with E-state index in [1.54, 1.807) is 18.3 Å². The summed E-state index contributed by atoms with van der Waals surface area (Å²) in [5.74, 6) is 5.09. The average molecular weight is 148 g/mol. The van der Waals surface area contributed by atoms with Crippen LogP contribution in [0.5, 0.6) is 0 Å². The molecule has 1 aromatic heterocycles. The molecule has 1 aromatic rings. The molecule has 3 N–H and O–H groups in total. The number of hydrogen-bond acceptors (Lipinski definition) is 3. The Morgan fingerprint density at radius 1 is 1.64 bits per heavy atom. The van der Waals surface area contributed by atoms with E-state index in [-0.39, 0.29) is 6.61 Å². The van der Waals surface area contributed by atoms with Gasteiger partial charge in [-0.25, -0.2) is 4.98 Å². The number of aliphatic hydroxyl groups is 1. The van der Waals surface area contributed by atoms with Gasteiger partial charge in [0.05, 0.1) is 5.69 Å². The van der Waals surface area contributed by atoms with E-state index in [0.717, 1.165) is 0 Å². The molecule has 0 saturated heterocycles. The summed E-state index contributed by atoms with van der Waals surface area (Å²) in [7, 11) is 0. The molecule has 0 aliphatic carbocycles. The zero-order valence-corrected chi connectivity index (χ0v) is 5.91. The number of aromatic nitrogens is 1. The van der Waals surface area contributed by atoms with Crippen LogP contribution >= 0.6 is 0 Å². The molecular weight excluding hydrogens is 140 g/mol. The Morgan fingerprint density at radius 3 is 3.09 bits per heavy atom. The van der Waals surface area contributed by atoms with Gasteiger partial charge in [-0.2, -0.15) is 0 Å². The van der Waals surface area contributed by atoms with Gasteiger partial charge in [-0.05, 0) is 18.1 Å². The number of aliphatic hydroxyl groups excluding tert-OH is 1. The van der Waals surface area contributed by atoms with Crippen molar-refractivity contribution < 1.29 is 5.11 Å². The number of hydrogen-bond donors (Lipinski definition) is 2. The van der Waals surface area contributed by atoms with Crippen molar-refractivity contribution in [3.63, 3.8) is 0 Å². The van der Waals surface area contributed by atoms with E-state index < -0.39 is 0 Å². The minimum atomic E-state index is -0.171. The smallest absolute Gasteiger partial charge is 0.136 e. The zero-order valence-electron chi connectivity index (χ0n) is 5.91. The van der Waals surface area contributed by atoms with E-state index >= 15 is 0 Å². The molecule has 0 bridgehead atoms. The molecule has 3 heteroatoms. The molecule has 0 unspecified atom stereocenters. The van der Waals surface area contributed by atoms with Crippen LogP contribution in [0.2, 0.25) is 0 Å². The third-order valence-corrected chi connectivity index (χ3v) is 1.12. The highest BCUT2D eigenvalue weighted by atomic mass is 16.2. The topological polar surface area (TPSA) is 59.1 Å². The van der Waals surface area contributed by atoms with E-state index in [2.05, 4.69) is 16.8 Å². The molecule has 11 heavy (non-hydrogen) atoms. The van der Waals surface area contributed by atoms with Gasteiger partial charge >= 0.3 is 0 Å². The summed E-state index contributed by atoms with van der Waals surface area (Å²) in [5, 5.41) is 8.38. The number of rotatable bonds is 0. The van der Waals surface area contributed by atoms with Crippen LogP contribution in [0.15, 0.2) is 18.3 Å². The van der Waals surface area contributed by atoms with Gasteiger partial charge in [0.2, 0.25) is 0 Å². The minimum absolute atomic E-state index is 0.171. The Labute approximate surface area is 64.9 Å². The molecule has 3 nitrogen and oxygen atoms in total. The summed E-state index contributed by atoms with van der Waals surface area (Å²) in [6.45, 7) is -0.171. The minimum Gasteiger partial charge on any atom is -0.396 e. The number of nitrogen functional groups attached to an aromatic ring is 1. The molecular formula is C8H8N2O. The molecule has 0 aliphatic rings. The molecule has 0 aliphatic heterocycles. The second-order valence-electron chi connectivity index (χ2n) is 1.90. The lowest BCUT2D eigenvalue weighted by Gasteiger charge is -1.92. The van der Waals surface area contributed by atoms with Gasteiger partial charge in [-0.15, -0.1) is 0 Å². The Bertz CT molecular complexity index is 298. The van der Waals surface area contributed by atoms with Crippen LogP contribution in [0.1, 0.15) is 5.69 Å². The lowest BCUT2D eigenvalue weighted by atomic mass is 10.3. The fraction of sp³-hybridized carbons (Fsp3) is 0.125. The van der Waals surface area contributed by atoms with E-state index in [1.165, 1.54) is 0 Å². The third kappa shape index (κ3) is 1.95. The van der Waals surface area contributed by atoms with Gasteiger partial charge in [-0.3, -0.25) is 0 Å². The normalized spacial score (nSPS) is 8.45. The third-order valence-electron chi connectivity index (χ3n) is 1.12. The highest BCUT2D eigenvalue weighted by Gasteiger charge is 1.91. The first-order chi connectivity index (χ1) is 5.34. The maximum absolute atomic E-state index is 8.38. The highest BCUT2D eigenvalue weighted by Crippen LogP contribution is 2.03. The monoisotopic (exact) mass is 148 g/mol. The van der Waals surface area contributed by atoms with Crippen molar-refractivity contribution in [2.45, 2.75) is 0 Å². The molecule has 0 aromatic carbocycles. The van der Waals surface area contributed by atoms with Gasteiger partial charge in [0, 0.05) is 6.20 Å². The van der Waals surface area contributed by atoms with Gasteiger partial charge in [0.25, 0.3) is 0 Å². The molecule has 1 rings (SSSR count). The SMILES string of the molecule is Nc1cccnc1C#CCO. The lowest BCUT2D eigenvalue weighted by molar-refractivity contribution is 0.350. The molecule has 0 fully saturated rings. The molecule has 56 valence electrons. The summed E-state index contributed by atoms with van der Waals surface area (Å²) in [6, 6.07) is 3.45. The first kappa shape index (κ1) is 7.58. The molecule has 1 heterocycles. The predicted octanol–water partition coefficient (Wildman–Crippen LogP) is 0.00760. The van der Waals surface area contributed by atoms with Crippen LogP contribution in [0, 0.1) is 11.8 Å². The van der Waals surface area contributed by atoms with E-state index in [4.69, 9.17) is 10.8 Å². The summed E-state index contributed by atoms with van der Waals surface area (Å²) in [6.07, 6.45) is 1.61. The van der Waals surface area contributed by atoms with Crippen molar-refractivity contribution in [2.24, 2.45) is 0 Å². The number of anilines is 1. The molecule has 0 amide bonds. The van der Waals surface area contributed by atoms with Crippen LogP contribution in [0.25, 0.3) is 0 Å². The number of nitrogens with zero attached hydrogens (tertiary/aromatic N) is 1. The summed E-state index contributed by atoms with van der Waals surface area (Å²) in [4.78, 5) is 3.91. The molecule has 0 spiro atoms. The summed E-state index contributed by atoms with van der Waals surface area (Å²) < 4.78 is 0. The van der Waals surface area contributed by atoms with Crippen LogP contribution in [-0.4, -0.2) is 16.7 Å². The second kappa shape index (κ2) is 3.59. The van der Waals surface area contributed by atoms with E-state index in [0.29, 0.717) is 11.4 Å². The van der Waals surface area contributed by atoms with Crippen molar-refractivity contribution in [1.29, 1.82) is 0 Å². The van der Waals surface area contributed by atoms with Gasteiger partial charge in [0.1, 0.15) is 12.3 Å². The Hall–Kier alpha value is -1.53. The largest absolute Gasteiger partial charge is 0.396 e. The molecule has 0 saturated carbocycles. The van der Waals surface area contributed by atoms with E-state index in [9.17, 15) is 0 Å². The number of nitrogens with two attached hydrogens (primary N) is 1. The van der Waals surface area contributed by atoms with Crippen molar-refractivity contribution in [2.75, 3.05) is 12.3 Å². The first-order valence-corrected chi connectivity index (χ1v) is 3.15. The lowest BCUT2D eigenvalue weighted by Crippen LogP contribution is -1.92. The van der Waals surface area contributed by atoms with Crippen LogP contribution in [0.4, 0.5) is 5.69 Å². The number of pyridine rings is 1. The maximum Gasteiger partial charge on any atom is 0.136 e. The van der Waals surface area contributed by atoms with Gasteiger partial charge in [-0.1, -0.05) is 5.92 Å². The Morgan fingerprint density at radius 2 is 2.45 bits per heavy atom. The average Bonchev–Trinajstić information content (AvgIpc) is 2.03. The quantitative estimate of drug-likeness (QED) is 0.509. The zero-order chi connectivity index (χ0) is 8.10. The summed E-state index contributed by atoms with van der Waals surface area (Å²) >= 11 is 0. The maximum atomic E-state index is 8.38. The van der Waals surface area contributed by atoms with Crippen molar-refractivity contribution >= 4 is 5.69 Å². The summed E-state index contributed by atoms with van der Waals surface area (Å²) in [5.41, 5.74) is 6.57. The Kier molecular flexibility index (Phi) is 2.47. The van der Waals surface area contributed by atoms with Crippen molar-refractivity contribution in [3.8, 4) is 11.8 Å². The first-order valence-electron chi connectivity index (χ1n) is 3.15. The van der Waals surface area contributed by atoms with Gasteiger partial charge in [0.15, 0.2) is 0 Å². The highest BCUT2D eigenvalue weighted by molar-refractivity contribution is 5.50. The molecule has 0 radical (unpaired) electrons. The van der Waals surface area contributed by atoms with Gasteiger partial charge < -0.3 is 10.8 Å². The standard InChI is InChI=1S/C8H8N2O/c9-7-3-1-5-10-8(7)4-2-6-11/h1,3,5,11H,6,9H2. The van der Waals surface area contributed by atoms with Crippen molar-refractivity contribution in [3.05, 3.63) is 24.0 Å². The predicted molar refractivity (Wildman–Crippen MR) is 42.6 cm³/mol. The van der Waals surface area contributed by atoms with Crippen LogP contribution in [0.3, 0.4) is 0 Å². The van der Waals surface area contributed by atoms with Crippen LogP contribution < -0.4 is 5.73 Å². The fourth-order valence-electron chi connectivity index (χ4n) is 0.645.